The van der Waals surface area contributed by atoms with Crippen LogP contribution < -0.4 is 10.5 Å². The topological polar surface area (TPSA) is 90.0 Å². The zero-order chi connectivity index (χ0) is 15.3. The first kappa shape index (κ1) is 15.7. The van der Waals surface area contributed by atoms with Crippen LogP contribution in [0, 0.1) is 6.92 Å². The Labute approximate surface area is 125 Å². The maximum atomic E-state index is 12.3. The molecule has 0 radical (unpaired) electrons. The Morgan fingerprint density at radius 2 is 2.14 bits per heavy atom. The van der Waals surface area contributed by atoms with Gasteiger partial charge in [-0.1, -0.05) is 12.1 Å². The van der Waals surface area contributed by atoms with Crippen LogP contribution in [0.5, 0.6) is 0 Å². The van der Waals surface area contributed by atoms with E-state index in [1.165, 1.54) is 0 Å². The monoisotopic (exact) mass is 308 g/mol. The van der Waals surface area contributed by atoms with E-state index >= 15 is 0 Å². The number of nitrogens with two attached hydrogens (primary N) is 1. The number of aryl methyl sites for hydroxylation is 1. The third-order valence-corrected chi connectivity index (χ3v) is 4.93. The third kappa shape index (κ3) is 3.90. The van der Waals surface area contributed by atoms with Crippen LogP contribution in [0.25, 0.3) is 0 Å². The van der Waals surface area contributed by atoms with Gasteiger partial charge in [0.15, 0.2) is 0 Å². The van der Waals surface area contributed by atoms with Crippen LogP contribution in [-0.2, 0) is 23.1 Å². The highest BCUT2D eigenvalue weighted by atomic mass is 32.2. The molecule has 114 valence electrons. The van der Waals surface area contributed by atoms with Crippen LogP contribution in [0.3, 0.4) is 0 Å². The fourth-order valence-electron chi connectivity index (χ4n) is 2.13. The zero-order valence-electron chi connectivity index (χ0n) is 12.0. The van der Waals surface area contributed by atoms with Crippen molar-refractivity contribution in [1.82, 2.24) is 14.5 Å². The maximum absolute atomic E-state index is 12.3. The van der Waals surface area contributed by atoms with Crippen LogP contribution in [0.2, 0.25) is 0 Å². The highest BCUT2D eigenvalue weighted by Crippen LogP contribution is 2.18. The Bertz CT molecular complexity index is 681. The Morgan fingerprint density at radius 3 is 2.81 bits per heavy atom. The molecule has 0 saturated carbocycles. The molecule has 1 heterocycles. The predicted octanol–water partition coefficient (Wildman–Crippen LogP) is 1.02. The van der Waals surface area contributed by atoms with Crippen LogP contribution in [-0.4, -0.2) is 24.7 Å². The Hall–Kier alpha value is -1.70. The van der Waals surface area contributed by atoms with Crippen molar-refractivity contribution < 1.29 is 8.42 Å². The number of sulfonamides is 1. The summed E-state index contributed by atoms with van der Waals surface area (Å²) in [7, 11) is -3.50. The average molecular weight is 308 g/mol. The molecule has 3 N–H and O–H groups in total. The molecular formula is C14H20N4O2S. The fourth-order valence-corrected chi connectivity index (χ4v) is 3.49. The van der Waals surface area contributed by atoms with Gasteiger partial charge in [-0.2, -0.15) is 5.10 Å². The molecule has 1 aromatic heterocycles. The van der Waals surface area contributed by atoms with E-state index in [4.69, 9.17) is 5.73 Å². The third-order valence-electron chi connectivity index (χ3n) is 3.32. The van der Waals surface area contributed by atoms with E-state index in [-0.39, 0.29) is 0 Å². The van der Waals surface area contributed by atoms with Gasteiger partial charge in [0.25, 0.3) is 0 Å². The zero-order valence-corrected chi connectivity index (χ0v) is 12.8. The highest BCUT2D eigenvalue weighted by Gasteiger charge is 2.17. The molecule has 0 aliphatic heterocycles. The number of hydrogen-bond acceptors (Lipinski definition) is 4. The quantitative estimate of drug-likeness (QED) is 0.747. The minimum absolute atomic E-state index is 0.296. The molecule has 0 atom stereocenters. The number of nitrogens with zero attached hydrogens (tertiary/aromatic N) is 2. The van der Waals surface area contributed by atoms with Gasteiger partial charge in [0, 0.05) is 32.0 Å². The summed E-state index contributed by atoms with van der Waals surface area (Å²) in [6.07, 6.45) is 4.23. The molecule has 2 aromatic rings. The normalized spacial score (nSPS) is 11.7. The second-order valence-corrected chi connectivity index (χ2v) is 6.50. The first-order valence-corrected chi connectivity index (χ1v) is 8.28. The molecule has 0 unspecified atom stereocenters. The first-order valence-electron chi connectivity index (χ1n) is 6.80. The molecule has 0 aliphatic carbocycles. The predicted molar refractivity (Wildman–Crippen MR) is 81.1 cm³/mol. The molecule has 0 saturated heterocycles. The van der Waals surface area contributed by atoms with Crippen molar-refractivity contribution in [2.45, 2.75) is 31.3 Å². The summed E-state index contributed by atoms with van der Waals surface area (Å²) in [6.45, 7) is 3.15. The van der Waals surface area contributed by atoms with Crippen LogP contribution in [0.15, 0.2) is 41.6 Å². The van der Waals surface area contributed by atoms with E-state index in [0.29, 0.717) is 36.5 Å². The van der Waals surface area contributed by atoms with E-state index in [0.717, 1.165) is 5.56 Å². The van der Waals surface area contributed by atoms with Gasteiger partial charge in [-0.15, -0.1) is 0 Å². The van der Waals surface area contributed by atoms with Gasteiger partial charge < -0.3 is 5.73 Å². The Balaban J connectivity index is 1.98. The van der Waals surface area contributed by atoms with Crippen molar-refractivity contribution in [2.24, 2.45) is 5.73 Å². The summed E-state index contributed by atoms with van der Waals surface area (Å²) in [5.41, 5.74) is 7.16. The number of benzene rings is 1. The van der Waals surface area contributed by atoms with Gasteiger partial charge in [-0.25, -0.2) is 13.1 Å². The van der Waals surface area contributed by atoms with E-state index < -0.39 is 10.0 Å². The average Bonchev–Trinajstić information content (AvgIpc) is 2.97. The van der Waals surface area contributed by atoms with Crippen molar-refractivity contribution in [2.75, 3.05) is 6.54 Å². The van der Waals surface area contributed by atoms with Crippen molar-refractivity contribution in [3.63, 3.8) is 0 Å². The molecule has 0 amide bonds. The smallest absolute Gasteiger partial charge is 0.240 e. The fraction of sp³-hybridized carbons (Fsp3) is 0.357. The molecule has 6 nitrogen and oxygen atoms in total. The summed E-state index contributed by atoms with van der Waals surface area (Å²) >= 11 is 0. The van der Waals surface area contributed by atoms with Gasteiger partial charge >= 0.3 is 0 Å². The van der Waals surface area contributed by atoms with Gasteiger partial charge in [0.05, 0.1) is 4.90 Å². The van der Waals surface area contributed by atoms with Crippen LogP contribution >= 0.6 is 0 Å². The van der Waals surface area contributed by atoms with Gasteiger partial charge in [-0.05, 0) is 36.6 Å². The van der Waals surface area contributed by atoms with Crippen molar-refractivity contribution in [1.29, 1.82) is 0 Å². The molecule has 0 aliphatic rings. The summed E-state index contributed by atoms with van der Waals surface area (Å²) in [4.78, 5) is 0.296. The molecule has 2 rings (SSSR count). The molecule has 0 spiro atoms. The summed E-state index contributed by atoms with van der Waals surface area (Å²) in [5.74, 6) is 0. The lowest BCUT2D eigenvalue weighted by Crippen LogP contribution is -2.26. The standard InChI is InChI=1S/C14H20N4O2S/c1-12-13(11-15)5-2-6-14(12)21(19,20)17-8-4-10-18-9-3-7-16-18/h2-3,5-7,9,17H,4,8,10-11,15H2,1H3. The maximum Gasteiger partial charge on any atom is 0.240 e. The highest BCUT2D eigenvalue weighted by molar-refractivity contribution is 7.89. The Morgan fingerprint density at radius 1 is 1.33 bits per heavy atom. The lowest BCUT2D eigenvalue weighted by Gasteiger charge is -2.12. The molecule has 0 fully saturated rings. The van der Waals surface area contributed by atoms with E-state index in [1.54, 1.807) is 29.9 Å². The van der Waals surface area contributed by atoms with Crippen molar-refractivity contribution in [3.8, 4) is 0 Å². The van der Waals surface area contributed by atoms with Gasteiger partial charge in [0.1, 0.15) is 0 Å². The minimum Gasteiger partial charge on any atom is -0.326 e. The van der Waals surface area contributed by atoms with Crippen LogP contribution in [0.4, 0.5) is 0 Å². The number of aromatic nitrogens is 2. The van der Waals surface area contributed by atoms with E-state index in [1.807, 2.05) is 18.3 Å². The summed E-state index contributed by atoms with van der Waals surface area (Å²) in [5, 5.41) is 4.07. The number of nitrogens with one attached hydrogen (secondary N) is 1. The first-order chi connectivity index (χ1) is 10.0. The van der Waals surface area contributed by atoms with E-state index in [9.17, 15) is 8.42 Å². The molecule has 0 bridgehead atoms. The van der Waals surface area contributed by atoms with E-state index in [2.05, 4.69) is 9.82 Å². The SMILES string of the molecule is Cc1c(CN)cccc1S(=O)(=O)NCCCn1cccn1. The van der Waals surface area contributed by atoms with Gasteiger partial charge in [0.2, 0.25) is 10.0 Å². The molecule has 1 aromatic carbocycles. The van der Waals surface area contributed by atoms with Crippen molar-refractivity contribution >= 4 is 10.0 Å². The van der Waals surface area contributed by atoms with Crippen molar-refractivity contribution in [3.05, 3.63) is 47.8 Å². The second kappa shape index (κ2) is 6.84. The number of rotatable bonds is 7. The van der Waals surface area contributed by atoms with Gasteiger partial charge in [-0.3, -0.25) is 4.68 Å². The minimum atomic E-state index is -3.50. The number of hydrogen-bond donors (Lipinski definition) is 2. The summed E-state index contributed by atoms with van der Waals surface area (Å²) < 4.78 is 29.0. The summed E-state index contributed by atoms with van der Waals surface area (Å²) in [6, 6.07) is 7.00. The molecular weight excluding hydrogens is 288 g/mol. The largest absolute Gasteiger partial charge is 0.326 e. The second-order valence-electron chi connectivity index (χ2n) is 4.76. The Kier molecular flexibility index (Phi) is 5.11. The lowest BCUT2D eigenvalue weighted by molar-refractivity contribution is 0.552. The molecule has 7 heteroatoms. The molecule has 21 heavy (non-hydrogen) atoms. The van der Waals surface area contributed by atoms with Crippen LogP contribution in [0.1, 0.15) is 17.5 Å². The lowest BCUT2D eigenvalue weighted by atomic mass is 10.1.